The van der Waals surface area contributed by atoms with Crippen molar-refractivity contribution in [3.8, 4) is 11.1 Å². The lowest BCUT2D eigenvalue weighted by Gasteiger charge is -2.33. The van der Waals surface area contributed by atoms with Crippen molar-refractivity contribution >= 4 is 17.7 Å². The van der Waals surface area contributed by atoms with Crippen LogP contribution in [0.4, 0.5) is 0 Å². The van der Waals surface area contributed by atoms with Crippen molar-refractivity contribution in [3.63, 3.8) is 0 Å². The van der Waals surface area contributed by atoms with Crippen LogP contribution in [0.3, 0.4) is 0 Å². The second-order valence-corrected chi connectivity index (χ2v) is 11.7. The lowest BCUT2D eigenvalue weighted by Crippen LogP contribution is -2.45. The lowest BCUT2D eigenvalue weighted by molar-refractivity contribution is -0.133. The Kier molecular flexibility index (Phi) is 8.20. The van der Waals surface area contributed by atoms with E-state index in [1.54, 1.807) is 0 Å². The summed E-state index contributed by atoms with van der Waals surface area (Å²) in [6.07, 6.45) is 8.78. The van der Waals surface area contributed by atoms with Gasteiger partial charge >= 0.3 is 5.97 Å². The molecule has 4 rings (SSSR count). The number of ether oxygens (including phenoxy) is 1. The molecule has 0 unspecified atom stereocenters. The van der Waals surface area contributed by atoms with Gasteiger partial charge in [-0.2, -0.15) is 0 Å². The highest BCUT2D eigenvalue weighted by Gasteiger charge is 2.49. The number of carbonyl (C=O) groups excluding carboxylic acids is 2. The Labute approximate surface area is 222 Å². The van der Waals surface area contributed by atoms with E-state index in [1.807, 2.05) is 62.1 Å². The number of benzene rings is 2. The Morgan fingerprint density at radius 1 is 1.05 bits per heavy atom. The molecule has 0 spiro atoms. The highest BCUT2D eigenvalue weighted by molar-refractivity contribution is 6.08. The molecule has 1 amide bonds. The molecule has 198 valence electrons. The molecule has 1 atom stereocenters. The summed E-state index contributed by atoms with van der Waals surface area (Å²) in [5, 5.41) is 0. The molecule has 2 aromatic carbocycles. The summed E-state index contributed by atoms with van der Waals surface area (Å²) in [6, 6.07) is 15.7. The molecule has 1 saturated carbocycles. The molecule has 5 heteroatoms. The van der Waals surface area contributed by atoms with Crippen LogP contribution < -0.4 is 0 Å². The van der Waals surface area contributed by atoms with E-state index in [0.29, 0.717) is 18.0 Å². The summed E-state index contributed by atoms with van der Waals surface area (Å²) < 4.78 is 5.63. The number of carbonyl (C=O) groups is 2. The van der Waals surface area contributed by atoms with Gasteiger partial charge in [-0.25, -0.2) is 4.79 Å². The van der Waals surface area contributed by atoms with Crippen molar-refractivity contribution in [3.05, 3.63) is 59.7 Å². The third-order valence-corrected chi connectivity index (χ3v) is 7.66. The molecule has 0 bridgehead atoms. The van der Waals surface area contributed by atoms with Crippen LogP contribution in [0.15, 0.2) is 53.5 Å². The minimum atomic E-state index is -0.629. The molecule has 1 aliphatic carbocycles. The zero-order valence-corrected chi connectivity index (χ0v) is 23.2. The number of amidine groups is 1. The highest BCUT2D eigenvalue weighted by Crippen LogP contribution is 2.40. The quantitative estimate of drug-likeness (QED) is 0.350. The molecular formula is C32H42N2O3. The molecular weight excluding hydrogens is 460 g/mol. The molecule has 2 aliphatic rings. The largest absolute Gasteiger partial charge is 0.456 e. The summed E-state index contributed by atoms with van der Waals surface area (Å²) in [6.45, 7) is 10.4. The summed E-state index contributed by atoms with van der Waals surface area (Å²) >= 11 is 0. The van der Waals surface area contributed by atoms with E-state index in [0.717, 1.165) is 54.6 Å². The molecule has 1 aliphatic heterocycles. The fourth-order valence-corrected chi connectivity index (χ4v) is 5.60. The van der Waals surface area contributed by atoms with E-state index in [4.69, 9.17) is 9.73 Å². The summed E-state index contributed by atoms with van der Waals surface area (Å²) in [4.78, 5) is 33.7. The van der Waals surface area contributed by atoms with E-state index in [1.165, 1.54) is 19.3 Å². The molecule has 0 saturated heterocycles. The maximum atomic E-state index is 13.8. The number of rotatable bonds is 8. The summed E-state index contributed by atoms with van der Waals surface area (Å²) in [7, 11) is 0. The predicted molar refractivity (Wildman–Crippen MR) is 150 cm³/mol. The van der Waals surface area contributed by atoms with Gasteiger partial charge in [0.2, 0.25) is 0 Å². The van der Waals surface area contributed by atoms with Gasteiger partial charge in [0.15, 0.2) is 0 Å². The smallest absolute Gasteiger partial charge is 0.339 e. The van der Waals surface area contributed by atoms with Crippen molar-refractivity contribution in [2.24, 2.45) is 10.9 Å². The first kappa shape index (κ1) is 27.1. The first-order chi connectivity index (χ1) is 17.6. The summed E-state index contributed by atoms with van der Waals surface area (Å²) in [5.74, 6) is 1.11. The minimum absolute atomic E-state index is 0.157. The third-order valence-electron chi connectivity index (χ3n) is 7.66. The molecule has 1 fully saturated rings. The Hall–Kier alpha value is -2.95. The minimum Gasteiger partial charge on any atom is -0.456 e. The molecule has 37 heavy (non-hydrogen) atoms. The molecule has 0 N–H and O–H groups in total. The van der Waals surface area contributed by atoms with Crippen LogP contribution in [-0.2, 0) is 16.1 Å². The average molecular weight is 503 g/mol. The van der Waals surface area contributed by atoms with Crippen molar-refractivity contribution in [1.82, 2.24) is 4.90 Å². The monoisotopic (exact) mass is 502 g/mol. The van der Waals surface area contributed by atoms with E-state index in [2.05, 4.69) is 26.0 Å². The van der Waals surface area contributed by atoms with Gasteiger partial charge in [0.05, 0.1) is 12.1 Å². The van der Waals surface area contributed by atoms with Crippen molar-refractivity contribution in [2.75, 3.05) is 0 Å². The van der Waals surface area contributed by atoms with Crippen LogP contribution >= 0.6 is 0 Å². The highest BCUT2D eigenvalue weighted by atomic mass is 16.6. The number of nitrogens with zero attached hydrogens (tertiary/aromatic N) is 2. The standard InChI is InChI=1S/C32H42N2O3/c1-6-7-17-28-33-32(5,25-13-9-8-10-14-25)30(36)34(28)22-23-18-20-24(21-19-23)26-15-11-12-16-27(26)29(35)37-31(2,3)4/h11-12,15-16,18-21,25H,6-10,13-14,17,22H2,1-5H3/t32-/m1/s1. The molecule has 1 heterocycles. The van der Waals surface area contributed by atoms with Crippen LogP contribution in [0.2, 0.25) is 0 Å². The van der Waals surface area contributed by atoms with E-state index in [-0.39, 0.29) is 11.9 Å². The van der Waals surface area contributed by atoms with Gasteiger partial charge in [-0.15, -0.1) is 0 Å². The predicted octanol–water partition coefficient (Wildman–Crippen LogP) is 7.58. The van der Waals surface area contributed by atoms with Crippen molar-refractivity contribution in [1.29, 1.82) is 0 Å². The number of hydrogen-bond acceptors (Lipinski definition) is 4. The van der Waals surface area contributed by atoms with Gasteiger partial charge in [0.1, 0.15) is 17.0 Å². The number of esters is 1. The second kappa shape index (κ2) is 11.2. The maximum absolute atomic E-state index is 13.8. The molecule has 0 aromatic heterocycles. The Balaban J connectivity index is 1.55. The Morgan fingerprint density at radius 3 is 2.38 bits per heavy atom. The van der Waals surface area contributed by atoms with Gasteiger partial charge in [-0.3, -0.25) is 14.7 Å². The van der Waals surface area contributed by atoms with Crippen LogP contribution in [0.1, 0.15) is 102 Å². The number of unbranched alkanes of at least 4 members (excludes halogenated alkanes) is 1. The SMILES string of the molecule is CCCCC1=N[C@](C)(C2CCCCC2)C(=O)N1Cc1ccc(-c2ccccc2C(=O)OC(C)(C)C)cc1. The van der Waals surface area contributed by atoms with Crippen LogP contribution in [0, 0.1) is 5.92 Å². The fourth-order valence-electron chi connectivity index (χ4n) is 5.60. The van der Waals surface area contributed by atoms with E-state index in [9.17, 15) is 9.59 Å². The zero-order chi connectivity index (χ0) is 26.6. The number of hydrogen-bond donors (Lipinski definition) is 0. The van der Waals surface area contributed by atoms with Gasteiger partial charge in [-0.1, -0.05) is 75.1 Å². The van der Waals surface area contributed by atoms with Gasteiger partial charge < -0.3 is 4.74 Å². The van der Waals surface area contributed by atoms with Gasteiger partial charge in [-0.05, 0) is 75.6 Å². The third kappa shape index (κ3) is 6.14. The normalized spacial score (nSPS) is 20.7. The molecule has 0 radical (unpaired) electrons. The number of amides is 1. The zero-order valence-electron chi connectivity index (χ0n) is 23.2. The van der Waals surface area contributed by atoms with Crippen LogP contribution in [0.25, 0.3) is 11.1 Å². The van der Waals surface area contributed by atoms with Crippen LogP contribution in [-0.4, -0.2) is 33.8 Å². The first-order valence-corrected chi connectivity index (χ1v) is 13.9. The average Bonchev–Trinajstić information content (AvgIpc) is 3.13. The maximum Gasteiger partial charge on any atom is 0.339 e. The van der Waals surface area contributed by atoms with Gasteiger partial charge in [0.25, 0.3) is 5.91 Å². The van der Waals surface area contributed by atoms with E-state index >= 15 is 0 Å². The van der Waals surface area contributed by atoms with Crippen LogP contribution in [0.5, 0.6) is 0 Å². The lowest BCUT2D eigenvalue weighted by atomic mass is 9.75. The molecule has 5 nitrogen and oxygen atoms in total. The first-order valence-electron chi connectivity index (χ1n) is 13.9. The Morgan fingerprint density at radius 2 is 1.73 bits per heavy atom. The topological polar surface area (TPSA) is 59.0 Å². The van der Waals surface area contributed by atoms with Gasteiger partial charge in [0, 0.05) is 6.42 Å². The fraction of sp³-hybridized carbons (Fsp3) is 0.531. The second-order valence-electron chi connectivity index (χ2n) is 11.7. The van der Waals surface area contributed by atoms with Crippen molar-refractivity contribution in [2.45, 2.75) is 104 Å². The summed E-state index contributed by atoms with van der Waals surface area (Å²) in [5.41, 5.74) is 2.22. The molecule has 2 aromatic rings. The van der Waals surface area contributed by atoms with Crippen molar-refractivity contribution < 1.29 is 14.3 Å². The Bertz CT molecular complexity index is 1140. The number of aliphatic imine (C=N–C) groups is 1. The van der Waals surface area contributed by atoms with E-state index < -0.39 is 11.1 Å².